The van der Waals surface area contributed by atoms with Gasteiger partial charge in [-0.1, -0.05) is 50.6 Å². The van der Waals surface area contributed by atoms with Crippen molar-refractivity contribution in [1.82, 2.24) is 9.80 Å². The number of ketones is 1. The molecule has 0 bridgehead atoms. The summed E-state index contributed by atoms with van der Waals surface area (Å²) in [6.07, 6.45) is 1.07. The van der Waals surface area contributed by atoms with Gasteiger partial charge in [-0.3, -0.25) is 9.59 Å². The lowest BCUT2D eigenvalue weighted by Crippen LogP contribution is -2.44. The summed E-state index contributed by atoms with van der Waals surface area (Å²) in [6.45, 7) is 11.6. The third kappa shape index (κ3) is 4.03. The lowest BCUT2D eigenvalue weighted by Gasteiger charge is -2.40. The molecule has 3 aliphatic rings. The third-order valence-electron chi connectivity index (χ3n) is 7.25. The van der Waals surface area contributed by atoms with Gasteiger partial charge in [0.1, 0.15) is 6.10 Å². The molecule has 5 unspecified atom stereocenters. The zero-order chi connectivity index (χ0) is 22.3. The Morgan fingerprint density at radius 2 is 1.81 bits per heavy atom. The van der Waals surface area contributed by atoms with Crippen LogP contribution in [-0.2, 0) is 14.3 Å². The van der Waals surface area contributed by atoms with Crippen LogP contribution < -0.4 is 0 Å². The molecular formula is C25H33ClN2O3. The first kappa shape index (κ1) is 22.3. The number of nitrogens with zero attached hydrogens (tertiary/aromatic N) is 2. The number of ether oxygens (including phenoxy) is 1. The Labute approximate surface area is 190 Å². The second-order valence-corrected chi connectivity index (χ2v) is 9.73. The average molecular weight is 445 g/mol. The van der Waals surface area contributed by atoms with Gasteiger partial charge >= 0.3 is 0 Å². The van der Waals surface area contributed by atoms with Gasteiger partial charge in [0.05, 0.1) is 17.5 Å². The lowest BCUT2D eigenvalue weighted by molar-refractivity contribution is -0.136. The van der Waals surface area contributed by atoms with Crippen molar-refractivity contribution < 1.29 is 14.3 Å². The van der Waals surface area contributed by atoms with Crippen LogP contribution in [0.2, 0.25) is 0 Å². The molecule has 1 aromatic rings. The van der Waals surface area contributed by atoms with Gasteiger partial charge in [-0.2, -0.15) is 0 Å². The van der Waals surface area contributed by atoms with Crippen molar-refractivity contribution in [2.75, 3.05) is 26.2 Å². The normalized spacial score (nSPS) is 30.5. The quantitative estimate of drug-likeness (QED) is 0.620. The Bertz CT molecular complexity index is 877. The molecule has 1 aromatic carbocycles. The number of amides is 1. The molecule has 0 radical (unpaired) electrons. The molecule has 1 amide bonds. The summed E-state index contributed by atoms with van der Waals surface area (Å²) < 4.78 is 6.28. The molecule has 5 atom stereocenters. The highest BCUT2D eigenvalue weighted by atomic mass is 35.5. The second-order valence-electron chi connectivity index (χ2n) is 9.17. The van der Waals surface area contributed by atoms with E-state index in [1.165, 1.54) is 0 Å². The van der Waals surface area contributed by atoms with E-state index in [9.17, 15) is 9.59 Å². The summed E-state index contributed by atoms with van der Waals surface area (Å²) in [5.74, 6) is 0.173. The molecule has 1 saturated carbocycles. The number of Topliss-reactive ketones (excluding diaryl/α,β-unsaturated/α-hetero) is 1. The molecule has 0 saturated heterocycles. The molecule has 4 rings (SSSR count). The number of aryl methyl sites for hydroxylation is 1. The summed E-state index contributed by atoms with van der Waals surface area (Å²) in [4.78, 5) is 31.3. The Hall–Kier alpha value is -1.85. The fourth-order valence-corrected chi connectivity index (χ4v) is 5.48. The number of alkyl halides is 1. The molecule has 31 heavy (non-hydrogen) atoms. The minimum atomic E-state index is -0.389. The van der Waals surface area contributed by atoms with Gasteiger partial charge in [0.2, 0.25) is 0 Å². The number of halogens is 1. The van der Waals surface area contributed by atoms with E-state index in [0.717, 1.165) is 30.8 Å². The van der Waals surface area contributed by atoms with E-state index in [1.54, 1.807) is 0 Å². The maximum Gasteiger partial charge on any atom is 0.290 e. The first-order valence-electron chi connectivity index (χ1n) is 11.5. The smallest absolute Gasteiger partial charge is 0.290 e. The highest BCUT2D eigenvalue weighted by molar-refractivity contribution is 6.21. The largest absolute Gasteiger partial charge is 0.483 e. The van der Waals surface area contributed by atoms with Crippen LogP contribution in [0.1, 0.15) is 50.8 Å². The fourth-order valence-electron chi connectivity index (χ4n) is 5.18. The van der Waals surface area contributed by atoms with Gasteiger partial charge in [-0.05, 0) is 44.3 Å². The summed E-state index contributed by atoms with van der Waals surface area (Å²) in [6, 6.07) is 7.74. The molecular weight excluding hydrogens is 412 g/mol. The molecule has 1 fully saturated rings. The van der Waals surface area contributed by atoms with E-state index in [4.69, 9.17) is 16.3 Å². The first-order valence-corrected chi connectivity index (χ1v) is 12.0. The van der Waals surface area contributed by atoms with E-state index in [2.05, 4.69) is 25.7 Å². The summed E-state index contributed by atoms with van der Waals surface area (Å²) in [7, 11) is 0. The minimum Gasteiger partial charge on any atom is -0.483 e. The van der Waals surface area contributed by atoms with Gasteiger partial charge in [0.25, 0.3) is 5.91 Å². The number of rotatable bonds is 6. The highest BCUT2D eigenvalue weighted by Gasteiger charge is 2.53. The van der Waals surface area contributed by atoms with Crippen LogP contribution >= 0.6 is 11.6 Å². The van der Waals surface area contributed by atoms with Crippen molar-refractivity contribution in [3.05, 3.63) is 46.7 Å². The molecule has 2 heterocycles. The number of carbonyl (C=O) groups excluding carboxylic acids is 2. The van der Waals surface area contributed by atoms with Crippen molar-refractivity contribution in [3.8, 4) is 0 Å². The van der Waals surface area contributed by atoms with Crippen molar-refractivity contribution in [1.29, 1.82) is 0 Å². The monoisotopic (exact) mass is 444 g/mol. The van der Waals surface area contributed by atoms with Crippen LogP contribution in [0.25, 0.3) is 0 Å². The summed E-state index contributed by atoms with van der Waals surface area (Å²) in [5.41, 5.74) is 2.65. The number of carbonyl (C=O) groups is 2. The SMILES string of the molecule is CCN(CC)CCN1C(=O)C2=C(C(=O)C3CC(Cl)C(C)CC3O2)C1c1ccc(C)cc1. The van der Waals surface area contributed by atoms with Gasteiger partial charge in [-0.25, -0.2) is 0 Å². The number of likely N-dealkylation sites (N-methyl/N-ethyl adjacent to an activating group) is 1. The molecule has 2 aliphatic heterocycles. The third-order valence-corrected chi connectivity index (χ3v) is 7.86. The molecule has 0 aromatic heterocycles. The Morgan fingerprint density at radius 1 is 1.13 bits per heavy atom. The minimum absolute atomic E-state index is 0.0374. The second kappa shape index (κ2) is 8.95. The predicted octanol–water partition coefficient (Wildman–Crippen LogP) is 4.10. The van der Waals surface area contributed by atoms with Crippen molar-refractivity contribution in [3.63, 3.8) is 0 Å². The van der Waals surface area contributed by atoms with E-state index < -0.39 is 0 Å². The topological polar surface area (TPSA) is 49.9 Å². The molecule has 5 nitrogen and oxygen atoms in total. The Morgan fingerprint density at radius 3 is 2.45 bits per heavy atom. The van der Waals surface area contributed by atoms with Crippen LogP contribution in [0, 0.1) is 18.8 Å². The zero-order valence-corrected chi connectivity index (χ0v) is 19.7. The highest BCUT2D eigenvalue weighted by Crippen LogP contribution is 2.48. The summed E-state index contributed by atoms with van der Waals surface area (Å²) >= 11 is 6.53. The maximum absolute atomic E-state index is 13.7. The van der Waals surface area contributed by atoms with Crippen LogP contribution in [0.5, 0.6) is 0 Å². The van der Waals surface area contributed by atoms with Crippen LogP contribution in [0.3, 0.4) is 0 Å². The van der Waals surface area contributed by atoms with Crippen molar-refractivity contribution in [2.45, 2.75) is 58.1 Å². The van der Waals surface area contributed by atoms with Gasteiger partial charge in [0.15, 0.2) is 11.5 Å². The molecule has 0 spiro atoms. The molecule has 6 heteroatoms. The van der Waals surface area contributed by atoms with Crippen molar-refractivity contribution >= 4 is 23.3 Å². The Kier molecular flexibility index (Phi) is 6.45. The Balaban J connectivity index is 1.70. The fraction of sp³-hybridized carbons (Fsp3) is 0.600. The van der Waals surface area contributed by atoms with Gasteiger partial charge in [0, 0.05) is 18.5 Å². The maximum atomic E-state index is 13.7. The van der Waals surface area contributed by atoms with Crippen LogP contribution in [0.15, 0.2) is 35.6 Å². The van der Waals surface area contributed by atoms with Crippen LogP contribution in [-0.4, -0.2) is 59.2 Å². The first-order chi connectivity index (χ1) is 14.8. The number of fused-ring (bicyclic) bond motifs is 1. The number of hydrogen-bond acceptors (Lipinski definition) is 4. The summed E-state index contributed by atoms with van der Waals surface area (Å²) in [5, 5.41) is -0.0374. The van der Waals surface area contributed by atoms with Gasteiger partial charge in [-0.15, -0.1) is 11.6 Å². The molecule has 168 valence electrons. The van der Waals surface area contributed by atoms with Gasteiger partial charge < -0.3 is 14.5 Å². The van der Waals surface area contributed by atoms with E-state index in [-0.39, 0.29) is 46.8 Å². The molecule has 1 aliphatic carbocycles. The predicted molar refractivity (Wildman–Crippen MR) is 122 cm³/mol. The molecule has 0 N–H and O–H groups in total. The lowest BCUT2D eigenvalue weighted by atomic mass is 9.74. The average Bonchev–Trinajstić information content (AvgIpc) is 3.03. The van der Waals surface area contributed by atoms with Crippen LogP contribution in [0.4, 0.5) is 0 Å². The van der Waals surface area contributed by atoms with E-state index in [1.807, 2.05) is 36.1 Å². The standard InChI is InChI=1S/C25H33ClN2O3/c1-5-27(6-2)11-12-28-22(17-9-7-15(3)8-10-17)21-23(29)18-14-19(26)16(4)13-20(18)31-24(21)25(28)30/h7-10,16,18-20,22H,5-6,11-14H2,1-4H3. The van der Waals surface area contributed by atoms with E-state index >= 15 is 0 Å². The zero-order valence-electron chi connectivity index (χ0n) is 18.9. The van der Waals surface area contributed by atoms with Crippen molar-refractivity contribution in [2.24, 2.45) is 11.8 Å². The number of hydrogen-bond donors (Lipinski definition) is 0. The van der Waals surface area contributed by atoms with E-state index in [0.29, 0.717) is 25.0 Å². The number of benzene rings is 1.